The number of primary amides is 1. The van der Waals surface area contributed by atoms with Crippen molar-refractivity contribution in [3.63, 3.8) is 0 Å². The monoisotopic (exact) mass is 228 g/mol. The molecule has 2 rings (SSSR count). The third-order valence-electron chi connectivity index (χ3n) is 2.25. The summed E-state index contributed by atoms with van der Waals surface area (Å²) in [5.74, 6) is -0.880. The lowest BCUT2D eigenvalue weighted by molar-refractivity contribution is -0.200. The lowest BCUT2D eigenvalue weighted by Gasteiger charge is -2.10. The summed E-state index contributed by atoms with van der Waals surface area (Å²) in [4.78, 5) is 11.0. The van der Waals surface area contributed by atoms with Crippen molar-refractivity contribution < 1.29 is 18.0 Å². The molecule has 0 aliphatic rings. The highest BCUT2D eigenvalue weighted by Gasteiger charge is 2.32. The smallest absolute Gasteiger partial charge is 0.366 e. The normalized spacial score (nSPS) is 11.9. The number of alkyl halides is 3. The molecule has 0 saturated carbocycles. The van der Waals surface area contributed by atoms with Crippen LogP contribution in [0.1, 0.15) is 10.4 Å². The predicted molar refractivity (Wildman–Crippen MR) is 51.8 cm³/mol. The number of rotatable bonds is 1. The van der Waals surface area contributed by atoms with E-state index in [-0.39, 0.29) is 15.6 Å². The molecule has 0 saturated heterocycles. The van der Waals surface area contributed by atoms with Crippen LogP contribution in [0.5, 0.6) is 0 Å². The first-order chi connectivity index (χ1) is 7.41. The van der Waals surface area contributed by atoms with Gasteiger partial charge in [-0.15, -0.1) is 13.2 Å². The number of nitrogens with two attached hydrogens (primary N) is 1. The summed E-state index contributed by atoms with van der Waals surface area (Å²) in [5.41, 5.74) is 4.69. The van der Waals surface area contributed by atoms with Crippen LogP contribution in [0.3, 0.4) is 0 Å². The lowest BCUT2D eigenvalue weighted by atomic mass is 10.1. The Bertz CT molecular complexity index is 557. The fraction of sp³-hybridized carbons (Fsp3) is 0.100. The van der Waals surface area contributed by atoms with E-state index in [1.54, 1.807) is 0 Å². The van der Waals surface area contributed by atoms with Gasteiger partial charge < -0.3 is 5.73 Å². The second-order valence-corrected chi connectivity index (χ2v) is 3.26. The molecule has 2 N–H and O–H groups in total. The second-order valence-electron chi connectivity index (χ2n) is 3.26. The predicted octanol–water partition coefficient (Wildman–Crippen LogP) is 2.22. The van der Waals surface area contributed by atoms with Crippen molar-refractivity contribution in [2.24, 2.45) is 5.73 Å². The quantitative estimate of drug-likeness (QED) is 0.799. The molecule has 0 unspecified atom stereocenters. The fourth-order valence-corrected chi connectivity index (χ4v) is 1.60. The van der Waals surface area contributed by atoms with Gasteiger partial charge in [0.05, 0.1) is 11.1 Å². The molecule has 0 aliphatic carbocycles. The molecule has 6 heteroatoms. The van der Waals surface area contributed by atoms with Crippen LogP contribution in [0.25, 0.3) is 10.9 Å². The molecule has 16 heavy (non-hydrogen) atoms. The molecule has 0 radical (unpaired) electrons. The maximum absolute atomic E-state index is 12.6. The number of fused-ring (bicyclic) bond motifs is 1. The van der Waals surface area contributed by atoms with Crippen LogP contribution >= 0.6 is 0 Å². The van der Waals surface area contributed by atoms with E-state index in [2.05, 4.69) is 0 Å². The molecule has 1 amide bonds. The van der Waals surface area contributed by atoms with Gasteiger partial charge >= 0.3 is 6.30 Å². The lowest BCUT2D eigenvalue weighted by Crippen LogP contribution is -2.19. The summed E-state index contributed by atoms with van der Waals surface area (Å²) in [5, 5.41) is 0.327. The zero-order valence-electron chi connectivity index (χ0n) is 7.95. The molecule has 1 heterocycles. The van der Waals surface area contributed by atoms with Gasteiger partial charge in [0.25, 0.3) is 5.91 Å². The summed E-state index contributed by atoms with van der Waals surface area (Å²) in [6.45, 7) is 0. The maximum atomic E-state index is 12.6. The Hall–Kier alpha value is -1.98. The Kier molecular flexibility index (Phi) is 2.15. The minimum Gasteiger partial charge on any atom is -0.366 e. The fourth-order valence-electron chi connectivity index (χ4n) is 1.60. The molecule has 1 aromatic carbocycles. The minimum atomic E-state index is -4.56. The summed E-state index contributed by atoms with van der Waals surface area (Å²) in [7, 11) is 0. The molecule has 2 aromatic rings. The van der Waals surface area contributed by atoms with Crippen LogP contribution < -0.4 is 5.73 Å². The molecule has 3 nitrogen and oxygen atoms in total. The number of benzene rings is 1. The number of aromatic nitrogens is 1. The van der Waals surface area contributed by atoms with E-state index < -0.39 is 12.2 Å². The Labute approximate surface area is 88.3 Å². The van der Waals surface area contributed by atoms with E-state index in [1.807, 2.05) is 0 Å². The van der Waals surface area contributed by atoms with E-state index in [0.29, 0.717) is 5.39 Å². The van der Waals surface area contributed by atoms with Crippen LogP contribution in [0.15, 0.2) is 30.5 Å². The average molecular weight is 228 g/mol. The largest absolute Gasteiger partial charge is 0.488 e. The zero-order valence-corrected chi connectivity index (χ0v) is 7.95. The van der Waals surface area contributed by atoms with Crippen molar-refractivity contribution in [3.05, 3.63) is 36.0 Å². The van der Waals surface area contributed by atoms with E-state index in [9.17, 15) is 18.0 Å². The maximum Gasteiger partial charge on any atom is 0.488 e. The molecule has 0 spiro atoms. The Morgan fingerprint density at radius 2 is 1.94 bits per heavy atom. The van der Waals surface area contributed by atoms with Crippen molar-refractivity contribution in [1.29, 1.82) is 0 Å². The number of halogens is 3. The van der Waals surface area contributed by atoms with E-state index in [4.69, 9.17) is 5.73 Å². The average Bonchev–Trinajstić information content (AvgIpc) is 2.59. The highest BCUT2D eigenvalue weighted by atomic mass is 19.4. The Morgan fingerprint density at radius 1 is 1.25 bits per heavy atom. The van der Waals surface area contributed by atoms with Crippen molar-refractivity contribution in [3.8, 4) is 0 Å². The first-order valence-corrected chi connectivity index (χ1v) is 4.38. The third kappa shape index (κ3) is 1.52. The number of nitrogens with zero attached hydrogens (tertiary/aromatic N) is 1. The third-order valence-corrected chi connectivity index (χ3v) is 2.25. The number of hydrogen-bond donors (Lipinski definition) is 1. The van der Waals surface area contributed by atoms with Crippen LogP contribution in [-0.2, 0) is 6.30 Å². The summed E-state index contributed by atoms with van der Waals surface area (Å²) in [6, 6.07) is 5.54. The van der Waals surface area contributed by atoms with Crippen LogP contribution in [0.2, 0.25) is 0 Å². The second kappa shape index (κ2) is 3.26. The number of carbonyl (C=O) groups is 1. The minimum absolute atomic E-state index is 0.0857. The van der Waals surface area contributed by atoms with Gasteiger partial charge in [-0.3, -0.25) is 9.36 Å². The highest BCUT2D eigenvalue weighted by molar-refractivity contribution is 6.05. The first kappa shape index (κ1) is 10.5. The van der Waals surface area contributed by atoms with Gasteiger partial charge in [-0.2, -0.15) is 0 Å². The van der Waals surface area contributed by atoms with Crippen LogP contribution in [-0.4, -0.2) is 10.5 Å². The SMILES string of the molecule is NC(=O)c1cccc2ccn(C(F)(F)F)c12. The van der Waals surface area contributed by atoms with Gasteiger partial charge in [0.1, 0.15) is 0 Å². The van der Waals surface area contributed by atoms with Gasteiger partial charge in [-0.25, -0.2) is 0 Å². The van der Waals surface area contributed by atoms with E-state index in [1.165, 1.54) is 24.3 Å². The summed E-state index contributed by atoms with van der Waals surface area (Å²) >= 11 is 0. The topological polar surface area (TPSA) is 48.0 Å². The molecule has 0 aliphatic heterocycles. The molecule has 84 valence electrons. The molecular weight excluding hydrogens is 221 g/mol. The molecule has 1 aromatic heterocycles. The number of para-hydroxylation sites is 1. The Morgan fingerprint density at radius 3 is 2.50 bits per heavy atom. The standard InChI is InChI=1S/C10H7F3N2O/c11-10(12,13)15-5-4-6-2-1-3-7(8(6)15)9(14)16/h1-5H,(H2,14,16). The van der Waals surface area contributed by atoms with E-state index in [0.717, 1.165) is 6.20 Å². The van der Waals surface area contributed by atoms with Crippen molar-refractivity contribution in [1.82, 2.24) is 4.57 Å². The summed E-state index contributed by atoms with van der Waals surface area (Å²) < 4.78 is 37.9. The van der Waals surface area contributed by atoms with Crippen molar-refractivity contribution in [2.45, 2.75) is 6.30 Å². The molecule has 0 fully saturated rings. The molecule has 0 atom stereocenters. The van der Waals surface area contributed by atoms with Gasteiger partial charge in [0, 0.05) is 11.6 Å². The number of amides is 1. The zero-order chi connectivity index (χ0) is 11.9. The van der Waals surface area contributed by atoms with Crippen LogP contribution in [0.4, 0.5) is 13.2 Å². The van der Waals surface area contributed by atoms with E-state index >= 15 is 0 Å². The number of hydrogen-bond acceptors (Lipinski definition) is 1. The van der Waals surface area contributed by atoms with Crippen molar-refractivity contribution >= 4 is 16.8 Å². The first-order valence-electron chi connectivity index (χ1n) is 4.38. The van der Waals surface area contributed by atoms with Gasteiger partial charge in [-0.1, -0.05) is 12.1 Å². The van der Waals surface area contributed by atoms with Crippen molar-refractivity contribution in [2.75, 3.05) is 0 Å². The Balaban J connectivity index is 2.83. The number of carbonyl (C=O) groups excluding carboxylic acids is 1. The van der Waals surface area contributed by atoms with Gasteiger partial charge in [0.2, 0.25) is 0 Å². The van der Waals surface area contributed by atoms with Gasteiger partial charge in [0.15, 0.2) is 0 Å². The highest BCUT2D eigenvalue weighted by Crippen LogP contribution is 2.30. The van der Waals surface area contributed by atoms with Crippen LogP contribution in [0, 0.1) is 0 Å². The summed E-state index contributed by atoms with van der Waals surface area (Å²) in [6.07, 6.45) is -3.69. The van der Waals surface area contributed by atoms with Gasteiger partial charge in [-0.05, 0) is 12.1 Å². The molecule has 0 bridgehead atoms. The molecular formula is C10H7F3N2O.